The molecule has 1 aromatic heterocycles. The molecule has 0 bridgehead atoms. The highest BCUT2D eigenvalue weighted by Crippen LogP contribution is 2.32. The SMILES string of the molecule is Cc1nc(NC(=O)NCCC(=O)NCC(F)(F)F)sc1-c1ccc(C(=O)NC(C)C)cc1. The molecule has 1 heterocycles. The predicted octanol–water partition coefficient (Wildman–Crippen LogP) is 3.45. The third-order valence-corrected chi connectivity index (χ3v) is 5.09. The second-order valence-electron chi connectivity index (χ2n) is 7.16. The summed E-state index contributed by atoms with van der Waals surface area (Å²) in [5, 5.41) is 9.79. The van der Waals surface area contributed by atoms with Crippen molar-refractivity contribution in [3.8, 4) is 10.4 Å². The number of nitrogens with zero attached hydrogens (tertiary/aromatic N) is 1. The number of alkyl halides is 3. The molecule has 0 spiro atoms. The van der Waals surface area contributed by atoms with Gasteiger partial charge >= 0.3 is 12.2 Å². The Morgan fingerprint density at radius 1 is 1.09 bits per heavy atom. The molecule has 32 heavy (non-hydrogen) atoms. The van der Waals surface area contributed by atoms with Crippen molar-refractivity contribution in [2.24, 2.45) is 0 Å². The lowest BCUT2D eigenvalue weighted by atomic mass is 10.1. The van der Waals surface area contributed by atoms with E-state index >= 15 is 0 Å². The van der Waals surface area contributed by atoms with E-state index in [0.29, 0.717) is 16.4 Å². The van der Waals surface area contributed by atoms with Gasteiger partial charge in [0.15, 0.2) is 5.13 Å². The number of amides is 4. The second kappa shape index (κ2) is 10.9. The standard InChI is InChI=1S/C20H24F3N5O3S/c1-11(2)26-17(30)14-6-4-13(5-7-14)16-12(3)27-19(32-16)28-18(31)24-9-8-15(29)25-10-20(21,22)23/h4-7,11H,8-10H2,1-3H3,(H,25,29)(H,26,30)(H2,24,27,28,31). The topological polar surface area (TPSA) is 112 Å². The number of urea groups is 1. The summed E-state index contributed by atoms with van der Waals surface area (Å²) in [6, 6.07) is 6.39. The fraction of sp³-hybridized carbons (Fsp3) is 0.400. The monoisotopic (exact) mass is 471 g/mol. The van der Waals surface area contributed by atoms with E-state index < -0.39 is 24.7 Å². The number of halogens is 3. The zero-order valence-electron chi connectivity index (χ0n) is 17.7. The Labute approximate surface area is 187 Å². The molecule has 4 N–H and O–H groups in total. The Morgan fingerprint density at radius 2 is 1.75 bits per heavy atom. The second-order valence-corrected chi connectivity index (χ2v) is 8.16. The predicted molar refractivity (Wildman–Crippen MR) is 116 cm³/mol. The zero-order valence-corrected chi connectivity index (χ0v) is 18.5. The lowest BCUT2D eigenvalue weighted by Crippen LogP contribution is -2.37. The number of anilines is 1. The first-order valence-electron chi connectivity index (χ1n) is 9.71. The molecule has 8 nitrogen and oxygen atoms in total. The van der Waals surface area contributed by atoms with Crippen LogP contribution in [0.1, 0.15) is 36.3 Å². The van der Waals surface area contributed by atoms with E-state index in [2.05, 4.69) is 20.9 Å². The van der Waals surface area contributed by atoms with Crippen LogP contribution in [0.2, 0.25) is 0 Å². The Hall–Kier alpha value is -3.15. The Morgan fingerprint density at radius 3 is 2.34 bits per heavy atom. The molecule has 2 rings (SSSR count). The van der Waals surface area contributed by atoms with Crippen molar-refractivity contribution >= 4 is 34.3 Å². The number of aromatic nitrogens is 1. The van der Waals surface area contributed by atoms with Crippen LogP contribution in [0.15, 0.2) is 24.3 Å². The van der Waals surface area contributed by atoms with Crippen molar-refractivity contribution in [1.29, 1.82) is 0 Å². The third-order valence-electron chi connectivity index (χ3n) is 3.97. The van der Waals surface area contributed by atoms with Crippen LogP contribution >= 0.6 is 11.3 Å². The number of aryl methyl sites for hydroxylation is 1. The van der Waals surface area contributed by atoms with Gasteiger partial charge in [-0.3, -0.25) is 14.9 Å². The van der Waals surface area contributed by atoms with Crippen molar-refractivity contribution in [1.82, 2.24) is 20.9 Å². The molecule has 0 saturated carbocycles. The summed E-state index contributed by atoms with van der Waals surface area (Å²) in [6.45, 7) is 3.98. The van der Waals surface area contributed by atoms with Gasteiger partial charge in [-0.05, 0) is 38.5 Å². The average molecular weight is 472 g/mol. The molecule has 0 aliphatic heterocycles. The highest BCUT2D eigenvalue weighted by atomic mass is 32.1. The molecule has 1 aromatic carbocycles. The summed E-state index contributed by atoms with van der Waals surface area (Å²) in [4.78, 5) is 40.4. The van der Waals surface area contributed by atoms with Crippen LogP contribution in [0.25, 0.3) is 10.4 Å². The lowest BCUT2D eigenvalue weighted by molar-refractivity contribution is -0.138. The van der Waals surface area contributed by atoms with Gasteiger partial charge in [0.05, 0.1) is 10.6 Å². The summed E-state index contributed by atoms with van der Waals surface area (Å²) < 4.78 is 36.1. The van der Waals surface area contributed by atoms with Gasteiger partial charge in [-0.15, -0.1) is 0 Å². The highest BCUT2D eigenvalue weighted by molar-refractivity contribution is 7.19. The van der Waals surface area contributed by atoms with Crippen molar-refractivity contribution in [2.45, 2.75) is 39.4 Å². The van der Waals surface area contributed by atoms with E-state index in [9.17, 15) is 27.6 Å². The molecule has 0 radical (unpaired) electrons. The molecule has 0 fully saturated rings. The van der Waals surface area contributed by atoms with Crippen LogP contribution < -0.4 is 21.3 Å². The van der Waals surface area contributed by atoms with Gasteiger partial charge in [-0.25, -0.2) is 9.78 Å². The zero-order chi connectivity index (χ0) is 23.9. The molecular weight excluding hydrogens is 447 g/mol. The minimum Gasteiger partial charge on any atom is -0.350 e. The number of carbonyl (C=O) groups is 3. The quantitative estimate of drug-likeness (QED) is 0.472. The van der Waals surface area contributed by atoms with Gasteiger partial charge in [0, 0.05) is 24.6 Å². The summed E-state index contributed by atoms with van der Waals surface area (Å²) in [5.74, 6) is -0.987. The van der Waals surface area contributed by atoms with Gasteiger partial charge in [0.1, 0.15) is 6.54 Å². The van der Waals surface area contributed by atoms with E-state index in [-0.39, 0.29) is 24.9 Å². The number of rotatable bonds is 8. The maximum atomic E-state index is 12.1. The molecule has 4 amide bonds. The maximum absolute atomic E-state index is 12.1. The number of hydrogen-bond donors (Lipinski definition) is 4. The number of benzene rings is 1. The number of thiazole rings is 1. The Kier molecular flexibility index (Phi) is 8.58. The summed E-state index contributed by atoms with van der Waals surface area (Å²) in [6.07, 6.45) is -4.77. The first kappa shape index (κ1) is 25.1. The van der Waals surface area contributed by atoms with E-state index in [4.69, 9.17) is 0 Å². The Balaban J connectivity index is 1.88. The number of carbonyl (C=O) groups excluding carboxylic acids is 3. The minimum atomic E-state index is -4.48. The number of nitrogens with one attached hydrogen (secondary N) is 4. The summed E-state index contributed by atoms with van der Waals surface area (Å²) >= 11 is 1.23. The van der Waals surface area contributed by atoms with E-state index in [1.807, 2.05) is 13.8 Å². The van der Waals surface area contributed by atoms with Gasteiger partial charge in [0.2, 0.25) is 5.91 Å². The molecule has 0 atom stereocenters. The maximum Gasteiger partial charge on any atom is 0.405 e. The smallest absolute Gasteiger partial charge is 0.350 e. The van der Waals surface area contributed by atoms with E-state index in [1.165, 1.54) is 11.3 Å². The van der Waals surface area contributed by atoms with Crippen LogP contribution in [-0.4, -0.2) is 48.1 Å². The normalized spacial score (nSPS) is 11.2. The third kappa shape index (κ3) is 8.17. The van der Waals surface area contributed by atoms with Gasteiger partial charge in [0.25, 0.3) is 5.91 Å². The van der Waals surface area contributed by atoms with Gasteiger partial charge in [-0.2, -0.15) is 13.2 Å². The molecule has 2 aromatic rings. The largest absolute Gasteiger partial charge is 0.405 e. The van der Waals surface area contributed by atoms with E-state index in [0.717, 1.165) is 10.4 Å². The molecule has 0 saturated heterocycles. The average Bonchev–Trinajstić information content (AvgIpc) is 3.05. The van der Waals surface area contributed by atoms with Crippen LogP contribution in [0.4, 0.5) is 23.1 Å². The first-order valence-corrected chi connectivity index (χ1v) is 10.5. The van der Waals surface area contributed by atoms with Crippen LogP contribution in [0.3, 0.4) is 0 Å². The summed E-state index contributed by atoms with van der Waals surface area (Å²) in [7, 11) is 0. The number of hydrogen-bond acceptors (Lipinski definition) is 5. The van der Waals surface area contributed by atoms with Crippen LogP contribution in [0, 0.1) is 6.92 Å². The van der Waals surface area contributed by atoms with E-state index in [1.54, 1.807) is 36.5 Å². The van der Waals surface area contributed by atoms with Gasteiger partial charge < -0.3 is 16.0 Å². The highest BCUT2D eigenvalue weighted by Gasteiger charge is 2.27. The Bertz CT molecular complexity index is 958. The van der Waals surface area contributed by atoms with Crippen molar-refractivity contribution in [3.05, 3.63) is 35.5 Å². The molecule has 0 unspecified atom stereocenters. The van der Waals surface area contributed by atoms with Crippen molar-refractivity contribution < 1.29 is 27.6 Å². The van der Waals surface area contributed by atoms with Crippen molar-refractivity contribution in [3.63, 3.8) is 0 Å². The fourth-order valence-electron chi connectivity index (χ4n) is 2.55. The first-order chi connectivity index (χ1) is 14.9. The molecule has 12 heteroatoms. The van der Waals surface area contributed by atoms with Crippen LogP contribution in [-0.2, 0) is 4.79 Å². The lowest BCUT2D eigenvalue weighted by Gasteiger charge is -2.09. The van der Waals surface area contributed by atoms with Crippen LogP contribution in [0.5, 0.6) is 0 Å². The molecule has 174 valence electrons. The fourth-order valence-corrected chi connectivity index (χ4v) is 3.52. The molecule has 0 aliphatic carbocycles. The minimum absolute atomic E-state index is 0.0277. The molecule has 0 aliphatic rings. The molecular formula is C20H24F3N5O3S. The summed E-state index contributed by atoms with van der Waals surface area (Å²) in [5.41, 5.74) is 2.04. The van der Waals surface area contributed by atoms with Crippen molar-refractivity contribution in [2.75, 3.05) is 18.4 Å². The van der Waals surface area contributed by atoms with Gasteiger partial charge in [-0.1, -0.05) is 23.5 Å².